The number of carbonyl (C=O) groups is 1. The van der Waals surface area contributed by atoms with Crippen LogP contribution < -0.4 is 0 Å². The van der Waals surface area contributed by atoms with Crippen LogP contribution in [-0.2, 0) is 4.79 Å². The van der Waals surface area contributed by atoms with Gasteiger partial charge < -0.3 is 4.90 Å². The molecule has 3 nitrogen and oxygen atoms in total. The molecule has 0 unspecified atom stereocenters. The van der Waals surface area contributed by atoms with Crippen molar-refractivity contribution >= 4 is 5.91 Å². The lowest BCUT2D eigenvalue weighted by Gasteiger charge is -2.35. The Kier molecular flexibility index (Phi) is 4.56. The summed E-state index contributed by atoms with van der Waals surface area (Å²) in [7, 11) is 3.35. The highest BCUT2D eigenvalue weighted by molar-refractivity contribution is 5.83. The smallest absolute Gasteiger partial charge is 0.251 e. The van der Waals surface area contributed by atoms with Gasteiger partial charge in [0.15, 0.2) is 0 Å². The summed E-state index contributed by atoms with van der Waals surface area (Å²) in [5.74, 6) is -3.50. The second kappa shape index (κ2) is 6.05. The number of alkyl halides is 2. The fourth-order valence-electron chi connectivity index (χ4n) is 2.56. The van der Waals surface area contributed by atoms with Crippen molar-refractivity contribution in [1.29, 1.82) is 0 Å². The molecule has 0 radical (unpaired) electrons. The fraction of sp³-hybridized carbons (Fsp3) is 0.533. The van der Waals surface area contributed by atoms with Crippen LogP contribution in [0, 0.1) is 5.82 Å². The Balaban J connectivity index is 2.20. The van der Waals surface area contributed by atoms with E-state index in [0.29, 0.717) is 0 Å². The summed E-state index contributed by atoms with van der Waals surface area (Å²) >= 11 is 0. The van der Waals surface area contributed by atoms with Crippen LogP contribution in [0.2, 0.25) is 0 Å². The lowest BCUT2D eigenvalue weighted by atomic mass is 10.0. The second-order valence-electron chi connectivity index (χ2n) is 5.57. The summed E-state index contributed by atoms with van der Waals surface area (Å²) in [4.78, 5) is 15.6. The SMILES string of the molecule is CN(C)[C@@H](C(=O)N1CCC(F)(F)CC1)c1ccccc1F. The minimum Gasteiger partial charge on any atom is -0.341 e. The zero-order valence-electron chi connectivity index (χ0n) is 12.2. The largest absolute Gasteiger partial charge is 0.341 e. The van der Waals surface area contributed by atoms with Crippen molar-refractivity contribution in [1.82, 2.24) is 9.80 Å². The highest BCUT2D eigenvalue weighted by Gasteiger charge is 2.38. The maximum atomic E-state index is 13.9. The van der Waals surface area contributed by atoms with Crippen LogP contribution >= 0.6 is 0 Å². The molecular formula is C15H19F3N2O. The average molecular weight is 300 g/mol. The van der Waals surface area contributed by atoms with Gasteiger partial charge in [0.1, 0.15) is 11.9 Å². The molecule has 0 aromatic heterocycles. The molecule has 1 atom stereocenters. The highest BCUT2D eigenvalue weighted by atomic mass is 19.3. The van der Waals surface area contributed by atoms with Crippen LogP contribution in [0.3, 0.4) is 0 Å². The predicted octanol–water partition coefficient (Wildman–Crippen LogP) is 2.69. The van der Waals surface area contributed by atoms with Crippen molar-refractivity contribution < 1.29 is 18.0 Å². The Morgan fingerprint density at radius 3 is 2.33 bits per heavy atom. The van der Waals surface area contributed by atoms with Gasteiger partial charge in [0, 0.05) is 31.5 Å². The van der Waals surface area contributed by atoms with E-state index in [1.54, 1.807) is 37.2 Å². The highest BCUT2D eigenvalue weighted by Crippen LogP contribution is 2.30. The standard InChI is InChI=1S/C15H19F3N2O/c1-19(2)13(11-5-3-4-6-12(11)16)14(21)20-9-7-15(17,18)8-10-20/h3-6,13H,7-10H2,1-2H3/t13-/m1/s1. The van der Waals surface area contributed by atoms with Gasteiger partial charge in [-0.25, -0.2) is 13.2 Å². The maximum absolute atomic E-state index is 13.9. The van der Waals surface area contributed by atoms with Crippen molar-refractivity contribution in [3.8, 4) is 0 Å². The number of nitrogens with zero attached hydrogens (tertiary/aromatic N) is 2. The van der Waals surface area contributed by atoms with Gasteiger partial charge in [0.2, 0.25) is 5.91 Å². The maximum Gasteiger partial charge on any atom is 0.251 e. The molecule has 1 saturated heterocycles. The van der Waals surface area contributed by atoms with Crippen molar-refractivity contribution in [2.45, 2.75) is 24.8 Å². The van der Waals surface area contributed by atoms with Crippen molar-refractivity contribution in [3.63, 3.8) is 0 Å². The van der Waals surface area contributed by atoms with E-state index in [9.17, 15) is 18.0 Å². The molecule has 1 aliphatic heterocycles. The van der Waals surface area contributed by atoms with Gasteiger partial charge in [-0.2, -0.15) is 0 Å². The van der Waals surface area contributed by atoms with Crippen LogP contribution in [0.1, 0.15) is 24.4 Å². The second-order valence-corrected chi connectivity index (χ2v) is 5.57. The first kappa shape index (κ1) is 15.8. The van der Waals surface area contributed by atoms with Crippen LogP contribution in [0.25, 0.3) is 0 Å². The average Bonchev–Trinajstić information content (AvgIpc) is 2.40. The molecule has 1 heterocycles. The number of piperidine rings is 1. The molecule has 21 heavy (non-hydrogen) atoms. The summed E-state index contributed by atoms with van der Waals surface area (Å²) in [5.41, 5.74) is 0.268. The molecule has 6 heteroatoms. The molecule has 0 N–H and O–H groups in total. The molecule has 1 aromatic rings. The lowest BCUT2D eigenvalue weighted by molar-refractivity contribution is -0.142. The monoisotopic (exact) mass is 300 g/mol. The third kappa shape index (κ3) is 3.56. The van der Waals surface area contributed by atoms with Crippen LogP contribution in [0.4, 0.5) is 13.2 Å². The van der Waals surface area contributed by atoms with Gasteiger partial charge in [-0.05, 0) is 20.2 Å². The van der Waals surface area contributed by atoms with E-state index in [1.807, 2.05) is 0 Å². The Morgan fingerprint density at radius 1 is 1.24 bits per heavy atom. The van der Waals surface area contributed by atoms with E-state index in [0.717, 1.165) is 0 Å². The molecule has 2 rings (SSSR count). The Labute approximate surface area is 122 Å². The molecular weight excluding hydrogens is 281 g/mol. The summed E-state index contributed by atoms with van der Waals surface area (Å²) < 4.78 is 40.3. The summed E-state index contributed by atoms with van der Waals surface area (Å²) in [6, 6.07) is 5.27. The van der Waals surface area contributed by atoms with Gasteiger partial charge in [-0.1, -0.05) is 18.2 Å². The number of carbonyl (C=O) groups excluding carboxylic acids is 1. The molecule has 116 valence electrons. The zero-order chi connectivity index (χ0) is 15.6. The quantitative estimate of drug-likeness (QED) is 0.857. The van der Waals surface area contributed by atoms with E-state index in [1.165, 1.54) is 11.0 Å². The molecule has 0 bridgehead atoms. The zero-order valence-corrected chi connectivity index (χ0v) is 12.2. The number of hydrogen-bond acceptors (Lipinski definition) is 2. The first-order valence-electron chi connectivity index (χ1n) is 6.89. The van der Waals surface area contributed by atoms with Crippen LogP contribution in [0.5, 0.6) is 0 Å². The Hall–Kier alpha value is -1.56. The van der Waals surface area contributed by atoms with E-state index in [2.05, 4.69) is 0 Å². The van der Waals surface area contributed by atoms with Crippen molar-refractivity contribution in [2.75, 3.05) is 27.2 Å². The third-order valence-corrected chi connectivity index (χ3v) is 3.76. The molecule has 1 aliphatic rings. The summed E-state index contributed by atoms with van der Waals surface area (Å²) in [5, 5.41) is 0. The normalized spacial score (nSPS) is 19.6. The van der Waals surface area contributed by atoms with Gasteiger partial charge in [0.25, 0.3) is 5.92 Å². The molecule has 1 amide bonds. The van der Waals surface area contributed by atoms with E-state index in [-0.39, 0.29) is 37.4 Å². The minimum absolute atomic E-state index is 0.00459. The van der Waals surface area contributed by atoms with Crippen LogP contribution in [-0.4, -0.2) is 48.8 Å². The molecule has 0 aliphatic carbocycles. The number of halogens is 3. The van der Waals surface area contributed by atoms with Crippen molar-refractivity contribution in [2.24, 2.45) is 0 Å². The number of likely N-dealkylation sites (tertiary alicyclic amines) is 1. The van der Waals surface area contributed by atoms with E-state index >= 15 is 0 Å². The number of amides is 1. The fourth-order valence-corrected chi connectivity index (χ4v) is 2.56. The first-order valence-corrected chi connectivity index (χ1v) is 6.89. The number of hydrogen-bond donors (Lipinski definition) is 0. The minimum atomic E-state index is -2.71. The van der Waals surface area contributed by atoms with E-state index in [4.69, 9.17) is 0 Å². The predicted molar refractivity (Wildman–Crippen MR) is 73.6 cm³/mol. The van der Waals surface area contributed by atoms with Crippen molar-refractivity contribution in [3.05, 3.63) is 35.6 Å². The molecule has 1 fully saturated rings. The molecule has 1 aromatic carbocycles. The van der Waals surface area contributed by atoms with Gasteiger partial charge in [0.05, 0.1) is 0 Å². The van der Waals surface area contributed by atoms with Gasteiger partial charge in [-0.3, -0.25) is 9.69 Å². The molecule has 0 saturated carbocycles. The van der Waals surface area contributed by atoms with Crippen LogP contribution in [0.15, 0.2) is 24.3 Å². The lowest BCUT2D eigenvalue weighted by Crippen LogP contribution is -2.47. The summed E-state index contributed by atoms with van der Waals surface area (Å²) in [6.45, 7) is 0.00918. The van der Waals surface area contributed by atoms with Gasteiger partial charge in [-0.15, -0.1) is 0 Å². The topological polar surface area (TPSA) is 23.6 Å². The Morgan fingerprint density at radius 2 is 1.81 bits per heavy atom. The third-order valence-electron chi connectivity index (χ3n) is 3.76. The van der Waals surface area contributed by atoms with Gasteiger partial charge >= 0.3 is 0 Å². The first-order chi connectivity index (χ1) is 9.82. The number of likely N-dealkylation sites (N-methyl/N-ethyl adjacent to an activating group) is 1. The summed E-state index contributed by atoms with van der Waals surface area (Å²) in [6.07, 6.45) is -0.674. The number of benzene rings is 1. The van der Waals surface area contributed by atoms with E-state index < -0.39 is 17.8 Å². The Bertz CT molecular complexity index is 509. The number of rotatable bonds is 3. The molecule has 0 spiro atoms.